The molecule has 0 atom stereocenters. The van der Waals surface area contributed by atoms with Crippen LogP contribution in [-0.4, -0.2) is 11.6 Å². The summed E-state index contributed by atoms with van der Waals surface area (Å²) in [5.41, 5.74) is 8.69. The third kappa shape index (κ3) is 3.20. The Hall–Kier alpha value is -1.09. The molecule has 0 aromatic heterocycles. The Morgan fingerprint density at radius 1 is 1.31 bits per heavy atom. The summed E-state index contributed by atoms with van der Waals surface area (Å²) >= 11 is 4.97. The highest BCUT2D eigenvalue weighted by Crippen LogP contribution is 2.25. The van der Waals surface area contributed by atoms with Crippen LogP contribution in [0.25, 0.3) is 0 Å². The zero-order chi connectivity index (χ0) is 12.3. The van der Waals surface area contributed by atoms with E-state index in [1.807, 2.05) is 26.0 Å². The molecule has 0 fully saturated rings. The number of nitrogens with two attached hydrogens (primary N) is 1. The largest absolute Gasteiger partial charge is 0.493 e. The van der Waals surface area contributed by atoms with E-state index in [1.54, 1.807) is 0 Å². The van der Waals surface area contributed by atoms with Crippen molar-refractivity contribution >= 4 is 17.2 Å². The molecule has 2 N–H and O–H groups in total. The van der Waals surface area contributed by atoms with Gasteiger partial charge in [0.25, 0.3) is 0 Å². The molecule has 1 rings (SSSR count). The van der Waals surface area contributed by atoms with Crippen LogP contribution in [0.15, 0.2) is 12.1 Å². The van der Waals surface area contributed by atoms with Crippen molar-refractivity contribution in [3.05, 3.63) is 28.8 Å². The van der Waals surface area contributed by atoms with Gasteiger partial charge in [0.2, 0.25) is 0 Å². The Morgan fingerprint density at radius 2 is 1.81 bits per heavy atom. The monoisotopic (exact) mass is 237 g/mol. The Labute approximate surface area is 103 Å². The molecule has 0 amide bonds. The summed E-state index contributed by atoms with van der Waals surface area (Å²) in [6, 6.07) is 3.95. The standard InChI is InChI=1S/C13H19NOS/c1-8(2)7-15-12-9(3)5-11(13(14)16)6-10(12)4/h5-6,8H,7H2,1-4H3,(H2,14,16). The van der Waals surface area contributed by atoms with Crippen LogP contribution in [0.5, 0.6) is 5.75 Å². The second kappa shape index (κ2) is 5.30. The number of ether oxygens (including phenoxy) is 1. The topological polar surface area (TPSA) is 35.2 Å². The summed E-state index contributed by atoms with van der Waals surface area (Å²) in [6.45, 7) is 9.03. The maximum Gasteiger partial charge on any atom is 0.125 e. The Balaban J connectivity index is 2.98. The number of hydrogen-bond donors (Lipinski definition) is 1. The van der Waals surface area contributed by atoms with Gasteiger partial charge < -0.3 is 10.5 Å². The summed E-state index contributed by atoms with van der Waals surface area (Å²) < 4.78 is 5.78. The van der Waals surface area contributed by atoms with Crippen LogP contribution in [0.1, 0.15) is 30.5 Å². The van der Waals surface area contributed by atoms with Gasteiger partial charge in [-0.15, -0.1) is 0 Å². The van der Waals surface area contributed by atoms with Crippen LogP contribution in [0.3, 0.4) is 0 Å². The molecule has 0 heterocycles. The van der Waals surface area contributed by atoms with Gasteiger partial charge in [0.1, 0.15) is 10.7 Å². The maximum absolute atomic E-state index is 5.78. The lowest BCUT2D eigenvalue weighted by Crippen LogP contribution is -2.11. The number of thiocarbonyl (C=S) groups is 1. The summed E-state index contributed by atoms with van der Waals surface area (Å²) in [7, 11) is 0. The lowest BCUT2D eigenvalue weighted by Gasteiger charge is -2.15. The lowest BCUT2D eigenvalue weighted by atomic mass is 10.1. The van der Waals surface area contributed by atoms with Gasteiger partial charge in [0.15, 0.2) is 0 Å². The normalized spacial score (nSPS) is 10.6. The third-order valence-corrected chi connectivity index (χ3v) is 2.54. The molecule has 0 aliphatic heterocycles. The average Bonchev–Trinajstić information content (AvgIpc) is 2.15. The molecule has 0 saturated carbocycles. The van der Waals surface area contributed by atoms with Crippen molar-refractivity contribution in [3.8, 4) is 5.75 Å². The summed E-state index contributed by atoms with van der Waals surface area (Å²) in [5.74, 6) is 1.47. The molecule has 3 heteroatoms. The van der Waals surface area contributed by atoms with Gasteiger partial charge in [0, 0.05) is 5.56 Å². The first kappa shape index (κ1) is 13.0. The van der Waals surface area contributed by atoms with Gasteiger partial charge in [-0.05, 0) is 43.0 Å². The summed E-state index contributed by atoms with van der Waals surface area (Å²) in [4.78, 5) is 0.432. The number of hydrogen-bond acceptors (Lipinski definition) is 2. The fourth-order valence-electron chi connectivity index (χ4n) is 1.57. The van der Waals surface area contributed by atoms with E-state index in [4.69, 9.17) is 22.7 Å². The Kier molecular flexibility index (Phi) is 4.30. The fraction of sp³-hybridized carbons (Fsp3) is 0.462. The average molecular weight is 237 g/mol. The predicted octanol–water partition coefficient (Wildman–Crippen LogP) is 2.97. The predicted molar refractivity (Wildman–Crippen MR) is 72.1 cm³/mol. The fourth-order valence-corrected chi connectivity index (χ4v) is 1.69. The zero-order valence-electron chi connectivity index (χ0n) is 10.3. The molecular weight excluding hydrogens is 218 g/mol. The molecule has 1 aromatic carbocycles. The van der Waals surface area contributed by atoms with E-state index < -0.39 is 0 Å². The van der Waals surface area contributed by atoms with E-state index in [9.17, 15) is 0 Å². The molecule has 0 spiro atoms. The number of benzene rings is 1. The zero-order valence-corrected chi connectivity index (χ0v) is 11.1. The van der Waals surface area contributed by atoms with Crippen LogP contribution in [-0.2, 0) is 0 Å². The van der Waals surface area contributed by atoms with Gasteiger partial charge in [-0.1, -0.05) is 26.1 Å². The molecule has 0 unspecified atom stereocenters. The maximum atomic E-state index is 5.78. The van der Waals surface area contributed by atoms with Crippen molar-refractivity contribution in [2.75, 3.05) is 6.61 Å². The van der Waals surface area contributed by atoms with Crippen molar-refractivity contribution in [1.82, 2.24) is 0 Å². The van der Waals surface area contributed by atoms with E-state index in [-0.39, 0.29) is 0 Å². The summed E-state index contributed by atoms with van der Waals surface area (Å²) in [6.07, 6.45) is 0. The SMILES string of the molecule is Cc1cc(C(N)=S)cc(C)c1OCC(C)C. The first-order valence-corrected chi connectivity index (χ1v) is 5.86. The molecule has 0 bridgehead atoms. The van der Waals surface area contributed by atoms with Crippen LogP contribution in [0.4, 0.5) is 0 Å². The van der Waals surface area contributed by atoms with E-state index >= 15 is 0 Å². The molecule has 0 saturated heterocycles. The van der Waals surface area contributed by atoms with Crippen LogP contribution in [0, 0.1) is 19.8 Å². The van der Waals surface area contributed by atoms with Crippen molar-refractivity contribution in [2.24, 2.45) is 11.7 Å². The van der Waals surface area contributed by atoms with Gasteiger partial charge in [-0.2, -0.15) is 0 Å². The van der Waals surface area contributed by atoms with Crippen molar-refractivity contribution in [3.63, 3.8) is 0 Å². The number of rotatable bonds is 4. The summed E-state index contributed by atoms with van der Waals surface area (Å²) in [5, 5.41) is 0. The van der Waals surface area contributed by atoms with Crippen LogP contribution < -0.4 is 10.5 Å². The minimum Gasteiger partial charge on any atom is -0.493 e. The van der Waals surface area contributed by atoms with Gasteiger partial charge in [-0.3, -0.25) is 0 Å². The minimum atomic E-state index is 0.432. The lowest BCUT2D eigenvalue weighted by molar-refractivity contribution is 0.268. The highest BCUT2D eigenvalue weighted by molar-refractivity contribution is 7.80. The Bertz CT molecular complexity index is 376. The second-order valence-corrected chi connectivity index (χ2v) is 4.95. The first-order chi connectivity index (χ1) is 7.41. The van der Waals surface area contributed by atoms with E-state index in [0.717, 1.165) is 29.0 Å². The quantitative estimate of drug-likeness (QED) is 0.818. The van der Waals surface area contributed by atoms with Crippen LogP contribution in [0.2, 0.25) is 0 Å². The molecule has 1 aromatic rings. The highest BCUT2D eigenvalue weighted by Gasteiger charge is 2.08. The minimum absolute atomic E-state index is 0.432. The molecule has 0 aliphatic rings. The molecule has 16 heavy (non-hydrogen) atoms. The van der Waals surface area contributed by atoms with Gasteiger partial charge in [0.05, 0.1) is 6.61 Å². The highest BCUT2D eigenvalue weighted by atomic mass is 32.1. The molecule has 2 nitrogen and oxygen atoms in total. The van der Waals surface area contributed by atoms with Crippen molar-refractivity contribution in [2.45, 2.75) is 27.7 Å². The van der Waals surface area contributed by atoms with Gasteiger partial charge >= 0.3 is 0 Å². The van der Waals surface area contributed by atoms with Crippen molar-refractivity contribution < 1.29 is 4.74 Å². The van der Waals surface area contributed by atoms with E-state index in [1.165, 1.54) is 0 Å². The second-order valence-electron chi connectivity index (χ2n) is 4.51. The molecule has 88 valence electrons. The molecular formula is C13H19NOS. The molecule has 0 aliphatic carbocycles. The smallest absolute Gasteiger partial charge is 0.125 e. The van der Waals surface area contributed by atoms with Crippen molar-refractivity contribution in [1.29, 1.82) is 0 Å². The van der Waals surface area contributed by atoms with Gasteiger partial charge in [-0.25, -0.2) is 0 Å². The van der Waals surface area contributed by atoms with E-state index in [0.29, 0.717) is 10.9 Å². The van der Waals surface area contributed by atoms with Crippen LogP contribution >= 0.6 is 12.2 Å². The molecule has 0 radical (unpaired) electrons. The van der Waals surface area contributed by atoms with E-state index in [2.05, 4.69) is 13.8 Å². The third-order valence-electron chi connectivity index (χ3n) is 2.31. The first-order valence-electron chi connectivity index (χ1n) is 5.45. The Morgan fingerprint density at radius 3 is 2.19 bits per heavy atom. The number of aryl methyl sites for hydroxylation is 2.